The Hall–Kier alpha value is -3.45. The van der Waals surface area contributed by atoms with Crippen LogP contribution in [0.2, 0.25) is 0 Å². The minimum absolute atomic E-state index is 0.925. The summed E-state index contributed by atoms with van der Waals surface area (Å²) in [5.41, 5.74) is 7.99. The van der Waals surface area contributed by atoms with E-state index in [1.54, 1.807) is 0 Å². The first-order valence-electron chi connectivity index (χ1n) is 9.53. The zero-order valence-electron chi connectivity index (χ0n) is 16.3. The van der Waals surface area contributed by atoms with E-state index in [9.17, 15) is 0 Å². The van der Waals surface area contributed by atoms with E-state index in [0.29, 0.717) is 0 Å². The molecular weight excluding hydrogens is 338 g/mol. The smallest absolute Gasteiger partial charge is 0.0772 e. The number of allylic oxidation sites excluding steroid dienone is 1. The van der Waals surface area contributed by atoms with Gasteiger partial charge in [0.1, 0.15) is 0 Å². The van der Waals surface area contributed by atoms with E-state index in [1.807, 2.05) is 13.0 Å². The first-order chi connectivity index (χ1) is 13.7. The van der Waals surface area contributed by atoms with E-state index in [0.717, 1.165) is 22.4 Å². The summed E-state index contributed by atoms with van der Waals surface area (Å²) in [4.78, 5) is 4.29. The Morgan fingerprint density at radius 2 is 1.46 bits per heavy atom. The largest absolute Gasteiger partial charge is 0.263 e. The molecule has 0 aliphatic carbocycles. The number of rotatable bonds is 4. The number of aryl methyl sites for hydroxylation is 1. The Labute approximate surface area is 166 Å². The first kappa shape index (κ1) is 17.9. The normalized spacial score (nSPS) is 11.2. The van der Waals surface area contributed by atoms with Crippen LogP contribution in [-0.4, -0.2) is 6.72 Å². The Morgan fingerprint density at radius 1 is 0.750 bits per heavy atom. The van der Waals surface area contributed by atoms with Crippen LogP contribution in [0, 0.1) is 6.92 Å². The second-order valence-electron chi connectivity index (χ2n) is 7.04. The van der Waals surface area contributed by atoms with Gasteiger partial charge in [0.15, 0.2) is 0 Å². The first-order valence-corrected chi connectivity index (χ1v) is 9.53. The standard InChI is InChI=1S/C27H23N/c1-4-6-23-7-5-8-26(27(23)28-3)22-14-11-20(12-15-22)24-16-13-21-10-9-19(2)17-25(21)18-24/h4-18H,3H2,1-2H3/b6-4-. The Kier molecular flexibility index (Phi) is 4.90. The van der Waals surface area contributed by atoms with Gasteiger partial charge in [0.25, 0.3) is 0 Å². The maximum absolute atomic E-state index is 4.29. The van der Waals surface area contributed by atoms with Crippen molar-refractivity contribution in [1.29, 1.82) is 0 Å². The van der Waals surface area contributed by atoms with Gasteiger partial charge < -0.3 is 0 Å². The minimum Gasteiger partial charge on any atom is -0.263 e. The molecule has 0 unspecified atom stereocenters. The van der Waals surface area contributed by atoms with Gasteiger partial charge in [-0.2, -0.15) is 0 Å². The number of fused-ring (bicyclic) bond motifs is 1. The van der Waals surface area contributed by atoms with Crippen LogP contribution in [0.1, 0.15) is 18.1 Å². The molecule has 0 radical (unpaired) electrons. The highest BCUT2D eigenvalue weighted by Gasteiger charge is 2.08. The Balaban J connectivity index is 1.74. The highest BCUT2D eigenvalue weighted by molar-refractivity contribution is 5.89. The molecule has 0 heterocycles. The number of benzene rings is 4. The molecule has 0 spiro atoms. The summed E-state index contributed by atoms with van der Waals surface area (Å²) in [7, 11) is 0. The van der Waals surface area contributed by atoms with Gasteiger partial charge in [-0.15, -0.1) is 0 Å². The molecule has 4 rings (SSSR count). The van der Waals surface area contributed by atoms with Gasteiger partial charge in [-0.25, -0.2) is 0 Å². The molecule has 0 saturated carbocycles. The van der Waals surface area contributed by atoms with Gasteiger partial charge in [0.05, 0.1) is 5.69 Å². The molecular formula is C27H23N. The van der Waals surface area contributed by atoms with E-state index in [4.69, 9.17) is 0 Å². The van der Waals surface area contributed by atoms with Crippen LogP contribution in [0.4, 0.5) is 5.69 Å². The molecule has 136 valence electrons. The Bertz CT molecular complexity index is 1180. The second kappa shape index (κ2) is 7.66. The van der Waals surface area contributed by atoms with E-state index in [2.05, 4.69) is 104 Å². The predicted octanol–water partition coefficient (Wildman–Crippen LogP) is 7.85. The van der Waals surface area contributed by atoms with Crippen LogP contribution in [0.15, 0.2) is 89.9 Å². The van der Waals surface area contributed by atoms with Crippen LogP contribution in [0.3, 0.4) is 0 Å². The predicted molar refractivity (Wildman–Crippen MR) is 123 cm³/mol. The number of hydrogen-bond acceptors (Lipinski definition) is 1. The van der Waals surface area contributed by atoms with Crippen LogP contribution in [0.25, 0.3) is 39.1 Å². The van der Waals surface area contributed by atoms with Gasteiger partial charge in [-0.1, -0.05) is 90.5 Å². The molecule has 4 aromatic rings. The molecule has 0 aromatic heterocycles. The zero-order chi connectivity index (χ0) is 19.5. The third kappa shape index (κ3) is 3.39. The van der Waals surface area contributed by atoms with Crippen molar-refractivity contribution >= 4 is 29.3 Å². The van der Waals surface area contributed by atoms with Crippen LogP contribution in [-0.2, 0) is 0 Å². The van der Waals surface area contributed by atoms with Crippen molar-refractivity contribution in [1.82, 2.24) is 0 Å². The molecule has 0 N–H and O–H groups in total. The van der Waals surface area contributed by atoms with Crippen molar-refractivity contribution in [2.24, 2.45) is 4.99 Å². The lowest BCUT2D eigenvalue weighted by atomic mass is 9.96. The van der Waals surface area contributed by atoms with Crippen LogP contribution < -0.4 is 0 Å². The molecule has 4 aromatic carbocycles. The number of para-hydroxylation sites is 1. The SMILES string of the molecule is C=Nc1c(/C=C\C)cccc1-c1ccc(-c2ccc3ccc(C)cc3c2)cc1. The highest BCUT2D eigenvalue weighted by Crippen LogP contribution is 2.35. The lowest BCUT2D eigenvalue weighted by Crippen LogP contribution is -1.84. The summed E-state index contributed by atoms with van der Waals surface area (Å²) in [5.74, 6) is 0. The van der Waals surface area contributed by atoms with Crippen molar-refractivity contribution in [3.8, 4) is 22.3 Å². The summed E-state index contributed by atoms with van der Waals surface area (Å²) in [6.07, 6.45) is 4.09. The topological polar surface area (TPSA) is 12.4 Å². The van der Waals surface area contributed by atoms with E-state index in [1.165, 1.54) is 27.5 Å². The number of aliphatic imine (C=N–C) groups is 1. The van der Waals surface area contributed by atoms with Gasteiger partial charge in [-0.3, -0.25) is 4.99 Å². The fourth-order valence-electron chi connectivity index (χ4n) is 3.67. The van der Waals surface area contributed by atoms with Crippen molar-refractivity contribution < 1.29 is 0 Å². The fraction of sp³-hybridized carbons (Fsp3) is 0.0741. The van der Waals surface area contributed by atoms with Crippen molar-refractivity contribution in [2.45, 2.75) is 13.8 Å². The minimum atomic E-state index is 0.925. The van der Waals surface area contributed by atoms with Crippen molar-refractivity contribution in [3.63, 3.8) is 0 Å². The number of hydrogen-bond donors (Lipinski definition) is 0. The van der Waals surface area contributed by atoms with Gasteiger partial charge in [0.2, 0.25) is 0 Å². The quantitative estimate of drug-likeness (QED) is 0.328. The highest BCUT2D eigenvalue weighted by atomic mass is 14.7. The molecule has 0 atom stereocenters. The number of nitrogens with zero attached hydrogens (tertiary/aromatic N) is 1. The molecule has 0 amide bonds. The zero-order valence-corrected chi connectivity index (χ0v) is 16.3. The van der Waals surface area contributed by atoms with Crippen molar-refractivity contribution in [2.75, 3.05) is 0 Å². The third-order valence-corrected chi connectivity index (χ3v) is 5.10. The molecule has 1 nitrogen and oxygen atoms in total. The molecule has 0 bridgehead atoms. The van der Waals surface area contributed by atoms with Crippen LogP contribution >= 0.6 is 0 Å². The lowest BCUT2D eigenvalue weighted by Gasteiger charge is -2.10. The summed E-state index contributed by atoms with van der Waals surface area (Å²) < 4.78 is 0. The summed E-state index contributed by atoms with van der Waals surface area (Å²) >= 11 is 0. The van der Waals surface area contributed by atoms with E-state index in [-0.39, 0.29) is 0 Å². The molecule has 28 heavy (non-hydrogen) atoms. The molecule has 0 aliphatic rings. The lowest BCUT2D eigenvalue weighted by molar-refractivity contribution is 1.50. The van der Waals surface area contributed by atoms with E-state index >= 15 is 0 Å². The van der Waals surface area contributed by atoms with Gasteiger partial charge in [0, 0.05) is 11.1 Å². The van der Waals surface area contributed by atoms with Crippen LogP contribution in [0.5, 0.6) is 0 Å². The third-order valence-electron chi connectivity index (χ3n) is 5.10. The van der Waals surface area contributed by atoms with Gasteiger partial charge in [-0.05, 0) is 54.1 Å². The average molecular weight is 361 g/mol. The fourth-order valence-corrected chi connectivity index (χ4v) is 3.67. The maximum atomic E-state index is 4.29. The summed E-state index contributed by atoms with van der Waals surface area (Å²) in [6.45, 7) is 7.92. The monoisotopic (exact) mass is 361 g/mol. The maximum Gasteiger partial charge on any atom is 0.0772 e. The summed E-state index contributed by atoms with van der Waals surface area (Å²) in [6, 6.07) is 28.2. The molecule has 0 fully saturated rings. The van der Waals surface area contributed by atoms with Gasteiger partial charge >= 0.3 is 0 Å². The Morgan fingerprint density at radius 3 is 2.21 bits per heavy atom. The summed E-state index contributed by atoms with van der Waals surface area (Å²) in [5, 5.41) is 2.55. The van der Waals surface area contributed by atoms with Crippen molar-refractivity contribution in [3.05, 3.63) is 96.1 Å². The second-order valence-corrected chi connectivity index (χ2v) is 7.04. The molecule has 1 heteroatoms. The molecule has 0 aliphatic heterocycles. The average Bonchev–Trinajstić information content (AvgIpc) is 2.73. The molecule has 0 saturated heterocycles. The van der Waals surface area contributed by atoms with E-state index < -0.39 is 0 Å².